The van der Waals surface area contributed by atoms with Crippen molar-refractivity contribution in [2.24, 2.45) is 0 Å². The summed E-state index contributed by atoms with van der Waals surface area (Å²) in [4.78, 5) is 10.3. The Kier molecular flexibility index (Phi) is 3.69. The predicted molar refractivity (Wildman–Crippen MR) is 69.9 cm³/mol. The smallest absolute Gasteiger partial charge is 0.134 e. The third-order valence-corrected chi connectivity index (χ3v) is 3.54. The molecule has 2 rings (SSSR count). The highest BCUT2D eigenvalue weighted by atomic mass is 79.9. The fourth-order valence-electron chi connectivity index (χ4n) is 1.49. The van der Waals surface area contributed by atoms with Gasteiger partial charge in [0.05, 0.1) is 10.4 Å². The summed E-state index contributed by atoms with van der Waals surface area (Å²) in [5, 5.41) is 12.3. The van der Waals surface area contributed by atoms with Gasteiger partial charge >= 0.3 is 0 Å². The van der Waals surface area contributed by atoms with Crippen LogP contribution < -0.4 is 9.84 Å². The Morgan fingerprint density at radius 2 is 2.00 bits per heavy atom. The van der Waals surface area contributed by atoms with Crippen molar-refractivity contribution >= 4 is 48.6 Å². The summed E-state index contributed by atoms with van der Waals surface area (Å²) < 4.78 is 6.84. The van der Waals surface area contributed by atoms with Gasteiger partial charge in [-0.25, -0.2) is 0 Å². The molecule has 5 heteroatoms. The van der Waals surface area contributed by atoms with Gasteiger partial charge in [-0.05, 0) is 44.9 Å². The summed E-state index contributed by atoms with van der Waals surface area (Å²) >= 11 is 6.80. The first-order valence-electron chi connectivity index (χ1n) is 4.78. The molecular formula is C12H7Br2O3-. The van der Waals surface area contributed by atoms with Crippen molar-refractivity contribution in [2.75, 3.05) is 6.61 Å². The van der Waals surface area contributed by atoms with E-state index in [0.29, 0.717) is 5.75 Å². The zero-order valence-corrected chi connectivity index (χ0v) is 11.7. The Balaban J connectivity index is 2.43. The minimum atomic E-state index is -1.24. The largest absolute Gasteiger partial charge is 0.546 e. The van der Waals surface area contributed by atoms with E-state index in [1.165, 1.54) is 0 Å². The van der Waals surface area contributed by atoms with E-state index in [9.17, 15) is 9.90 Å². The van der Waals surface area contributed by atoms with E-state index in [1.807, 2.05) is 24.3 Å². The van der Waals surface area contributed by atoms with Crippen LogP contribution >= 0.6 is 31.9 Å². The summed E-state index contributed by atoms with van der Waals surface area (Å²) in [6, 6.07) is 9.41. The van der Waals surface area contributed by atoms with Crippen molar-refractivity contribution in [3.8, 4) is 5.75 Å². The number of carbonyl (C=O) groups is 1. The number of hydrogen-bond donors (Lipinski definition) is 0. The summed E-state index contributed by atoms with van der Waals surface area (Å²) in [5.74, 6) is -0.753. The van der Waals surface area contributed by atoms with E-state index in [1.54, 1.807) is 6.07 Å². The molecule has 0 atom stereocenters. The third-order valence-electron chi connectivity index (χ3n) is 2.23. The first kappa shape index (κ1) is 12.4. The SMILES string of the molecule is O=C([O-])COc1ccc2cc(Br)ccc2c1Br. The molecule has 0 aliphatic heterocycles. The van der Waals surface area contributed by atoms with Crippen LogP contribution in [0.25, 0.3) is 10.8 Å². The first-order valence-corrected chi connectivity index (χ1v) is 6.37. The zero-order valence-electron chi connectivity index (χ0n) is 8.57. The van der Waals surface area contributed by atoms with E-state index >= 15 is 0 Å². The number of rotatable bonds is 3. The van der Waals surface area contributed by atoms with E-state index in [0.717, 1.165) is 19.7 Å². The molecule has 0 aliphatic rings. The average Bonchev–Trinajstić information content (AvgIpc) is 2.27. The lowest BCUT2D eigenvalue weighted by atomic mass is 10.1. The van der Waals surface area contributed by atoms with Gasteiger partial charge in [0.15, 0.2) is 0 Å². The molecule has 0 aliphatic carbocycles. The second-order valence-electron chi connectivity index (χ2n) is 3.40. The Bertz CT molecular complexity index is 581. The topological polar surface area (TPSA) is 49.4 Å². The number of aliphatic carboxylic acids is 1. The molecule has 0 heterocycles. The van der Waals surface area contributed by atoms with E-state index < -0.39 is 12.6 Å². The summed E-state index contributed by atoms with van der Waals surface area (Å²) in [5.41, 5.74) is 0. The molecule has 88 valence electrons. The quantitative estimate of drug-likeness (QED) is 0.846. The normalized spacial score (nSPS) is 10.5. The van der Waals surface area contributed by atoms with Crippen molar-refractivity contribution in [3.63, 3.8) is 0 Å². The molecule has 0 fully saturated rings. The predicted octanol–water partition coefficient (Wildman–Crippen LogP) is 2.49. The third kappa shape index (κ3) is 2.79. The van der Waals surface area contributed by atoms with Crippen LogP contribution in [-0.4, -0.2) is 12.6 Å². The van der Waals surface area contributed by atoms with Crippen LogP contribution in [0.3, 0.4) is 0 Å². The molecule has 0 unspecified atom stereocenters. The molecule has 0 radical (unpaired) electrons. The Hall–Kier alpha value is -1.07. The van der Waals surface area contributed by atoms with E-state index in [2.05, 4.69) is 31.9 Å². The van der Waals surface area contributed by atoms with Crippen molar-refractivity contribution in [1.82, 2.24) is 0 Å². The summed E-state index contributed by atoms with van der Waals surface area (Å²) in [6.45, 7) is -0.458. The number of benzene rings is 2. The Morgan fingerprint density at radius 3 is 2.71 bits per heavy atom. The van der Waals surface area contributed by atoms with Crippen LogP contribution in [0.2, 0.25) is 0 Å². The van der Waals surface area contributed by atoms with Crippen molar-refractivity contribution in [1.29, 1.82) is 0 Å². The summed E-state index contributed by atoms with van der Waals surface area (Å²) in [7, 11) is 0. The molecule has 3 nitrogen and oxygen atoms in total. The molecule has 0 saturated carbocycles. The molecule has 0 spiro atoms. The molecule has 2 aromatic carbocycles. The number of carboxylic acid groups (broad SMARTS) is 1. The van der Waals surface area contributed by atoms with Crippen LogP contribution in [0.15, 0.2) is 39.3 Å². The standard InChI is InChI=1S/C12H8Br2O3/c13-8-2-3-9-7(5-8)1-4-10(12(9)14)17-6-11(15)16/h1-5H,6H2,(H,15,16)/p-1. The fourth-order valence-corrected chi connectivity index (χ4v) is 2.48. The second-order valence-corrected chi connectivity index (χ2v) is 5.11. The monoisotopic (exact) mass is 357 g/mol. The van der Waals surface area contributed by atoms with Gasteiger partial charge in [-0.2, -0.15) is 0 Å². The van der Waals surface area contributed by atoms with Crippen molar-refractivity contribution < 1.29 is 14.6 Å². The van der Waals surface area contributed by atoms with Crippen molar-refractivity contribution in [2.45, 2.75) is 0 Å². The number of halogens is 2. The molecule has 0 amide bonds. The maximum atomic E-state index is 10.3. The van der Waals surface area contributed by atoms with Gasteiger partial charge in [0.2, 0.25) is 0 Å². The number of hydrogen-bond acceptors (Lipinski definition) is 3. The molecule has 2 aromatic rings. The van der Waals surface area contributed by atoms with Crippen LogP contribution in [0.4, 0.5) is 0 Å². The maximum absolute atomic E-state index is 10.3. The number of carbonyl (C=O) groups excluding carboxylic acids is 1. The highest BCUT2D eigenvalue weighted by molar-refractivity contribution is 9.11. The lowest BCUT2D eigenvalue weighted by Crippen LogP contribution is -2.29. The first-order chi connectivity index (χ1) is 8.08. The van der Waals surface area contributed by atoms with Gasteiger partial charge in [-0.15, -0.1) is 0 Å². The van der Waals surface area contributed by atoms with Gasteiger partial charge in [0.25, 0.3) is 0 Å². The molecule has 17 heavy (non-hydrogen) atoms. The van der Waals surface area contributed by atoms with Crippen LogP contribution in [0, 0.1) is 0 Å². The minimum absolute atomic E-state index is 0.458. The van der Waals surface area contributed by atoms with Crippen LogP contribution in [-0.2, 0) is 4.79 Å². The van der Waals surface area contributed by atoms with Crippen LogP contribution in [0.1, 0.15) is 0 Å². The van der Waals surface area contributed by atoms with Crippen molar-refractivity contribution in [3.05, 3.63) is 39.3 Å². The number of ether oxygens (including phenoxy) is 1. The molecule has 0 N–H and O–H groups in total. The molecular weight excluding hydrogens is 352 g/mol. The van der Waals surface area contributed by atoms with Gasteiger partial charge in [-0.1, -0.05) is 28.1 Å². The fraction of sp³-hybridized carbons (Fsp3) is 0.0833. The summed E-state index contributed by atoms with van der Waals surface area (Å²) in [6.07, 6.45) is 0. The highest BCUT2D eigenvalue weighted by Gasteiger charge is 2.06. The van der Waals surface area contributed by atoms with Gasteiger partial charge < -0.3 is 14.6 Å². The Morgan fingerprint density at radius 1 is 1.24 bits per heavy atom. The lowest BCUT2D eigenvalue weighted by Gasteiger charge is -2.10. The zero-order chi connectivity index (χ0) is 12.4. The van der Waals surface area contributed by atoms with Gasteiger partial charge in [-0.3, -0.25) is 0 Å². The number of carboxylic acids is 1. The average molecular weight is 359 g/mol. The van der Waals surface area contributed by atoms with Gasteiger partial charge in [0.1, 0.15) is 12.4 Å². The second kappa shape index (κ2) is 5.06. The van der Waals surface area contributed by atoms with Crippen LogP contribution in [0.5, 0.6) is 5.75 Å². The minimum Gasteiger partial charge on any atom is -0.546 e. The van der Waals surface area contributed by atoms with Gasteiger partial charge in [0, 0.05) is 4.47 Å². The molecule has 0 aromatic heterocycles. The maximum Gasteiger partial charge on any atom is 0.134 e. The van der Waals surface area contributed by atoms with E-state index in [-0.39, 0.29) is 0 Å². The molecule has 0 saturated heterocycles. The molecule has 0 bridgehead atoms. The van der Waals surface area contributed by atoms with E-state index in [4.69, 9.17) is 4.74 Å². The Labute approximate surface area is 115 Å². The highest BCUT2D eigenvalue weighted by Crippen LogP contribution is 2.34. The number of fused-ring (bicyclic) bond motifs is 1. The lowest BCUT2D eigenvalue weighted by molar-refractivity contribution is -0.307.